The van der Waals surface area contributed by atoms with Gasteiger partial charge in [-0.05, 0) is 64.1 Å². The minimum atomic E-state index is -3.55. The quantitative estimate of drug-likeness (QED) is 0.655. The first-order valence-corrected chi connectivity index (χ1v) is 9.90. The van der Waals surface area contributed by atoms with Gasteiger partial charge in [0.05, 0.1) is 23.2 Å². The number of anilines is 1. The number of carbonyl (C=O) groups excluding carboxylic acids is 1. The van der Waals surface area contributed by atoms with Gasteiger partial charge in [0.25, 0.3) is 0 Å². The Labute approximate surface area is 154 Å². The van der Waals surface area contributed by atoms with Gasteiger partial charge in [0, 0.05) is 11.7 Å². The molecule has 26 heavy (non-hydrogen) atoms. The first-order chi connectivity index (χ1) is 12.2. The van der Waals surface area contributed by atoms with E-state index in [2.05, 4.69) is 15.4 Å². The molecule has 0 saturated heterocycles. The van der Waals surface area contributed by atoms with Crippen molar-refractivity contribution >= 4 is 21.6 Å². The number of sulfonamides is 1. The zero-order valence-corrected chi connectivity index (χ0v) is 16.1. The molecule has 0 fully saturated rings. The molecule has 0 aliphatic rings. The van der Waals surface area contributed by atoms with E-state index in [9.17, 15) is 13.2 Å². The molecule has 1 amide bonds. The van der Waals surface area contributed by atoms with E-state index < -0.39 is 16.1 Å². The Hall–Kier alpha value is -2.16. The van der Waals surface area contributed by atoms with Crippen molar-refractivity contribution in [2.75, 3.05) is 5.32 Å². The first-order valence-electron chi connectivity index (χ1n) is 8.42. The van der Waals surface area contributed by atoms with Crippen molar-refractivity contribution in [3.63, 3.8) is 0 Å². The normalized spacial score (nSPS) is 14.2. The Morgan fingerprint density at radius 3 is 2.23 bits per heavy atom. The van der Waals surface area contributed by atoms with Crippen molar-refractivity contribution in [2.24, 2.45) is 0 Å². The van der Waals surface area contributed by atoms with Crippen LogP contribution in [0, 0.1) is 0 Å². The summed E-state index contributed by atoms with van der Waals surface area (Å²) in [6.07, 6.45) is 1.59. The Morgan fingerprint density at radius 1 is 1.04 bits per heavy atom. The van der Waals surface area contributed by atoms with Gasteiger partial charge < -0.3 is 9.73 Å². The highest BCUT2D eigenvalue weighted by molar-refractivity contribution is 7.89. The lowest BCUT2D eigenvalue weighted by atomic mass is 10.2. The fourth-order valence-corrected chi connectivity index (χ4v) is 3.67. The molecule has 8 heteroatoms. The molecule has 1 heterocycles. The standard InChI is InChI=1S/C18H25N3O4S/c1-12(2)21-26(23,24)16-9-7-15(8-10-16)20-18(22)14(4)19-13(3)17-6-5-11-25-17/h5-14,19,21H,1-4H3,(H,20,22)/t13-,14-/m1/s1. The molecule has 0 unspecified atom stereocenters. The molecule has 2 atom stereocenters. The zero-order valence-electron chi connectivity index (χ0n) is 15.3. The molecule has 0 aliphatic carbocycles. The van der Waals surface area contributed by atoms with Crippen LogP contribution in [0.5, 0.6) is 0 Å². The Kier molecular flexibility index (Phi) is 6.57. The van der Waals surface area contributed by atoms with E-state index >= 15 is 0 Å². The van der Waals surface area contributed by atoms with Crippen molar-refractivity contribution in [1.82, 2.24) is 10.0 Å². The lowest BCUT2D eigenvalue weighted by Gasteiger charge is -2.18. The molecule has 1 aromatic carbocycles. The fourth-order valence-electron chi connectivity index (χ4n) is 2.42. The van der Waals surface area contributed by atoms with E-state index in [-0.39, 0.29) is 22.9 Å². The monoisotopic (exact) mass is 379 g/mol. The predicted octanol–water partition coefficient (Wildman–Crippen LogP) is 2.64. The molecule has 1 aromatic heterocycles. The molecule has 2 rings (SSSR count). The predicted molar refractivity (Wildman–Crippen MR) is 100 cm³/mol. The maximum Gasteiger partial charge on any atom is 0.241 e. The summed E-state index contributed by atoms with van der Waals surface area (Å²) in [5.41, 5.74) is 0.526. The van der Waals surface area contributed by atoms with Gasteiger partial charge in [0.15, 0.2) is 0 Å². The summed E-state index contributed by atoms with van der Waals surface area (Å²) in [4.78, 5) is 12.5. The smallest absolute Gasteiger partial charge is 0.241 e. The van der Waals surface area contributed by atoms with Gasteiger partial charge in [-0.1, -0.05) is 0 Å². The fraction of sp³-hybridized carbons (Fsp3) is 0.389. The topological polar surface area (TPSA) is 100 Å². The maximum atomic E-state index is 12.3. The third kappa shape index (κ3) is 5.42. The summed E-state index contributed by atoms with van der Waals surface area (Å²) in [6.45, 7) is 7.17. The van der Waals surface area contributed by atoms with Gasteiger partial charge in [0.2, 0.25) is 15.9 Å². The summed E-state index contributed by atoms with van der Waals surface area (Å²) in [5.74, 6) is 0.524. The average Bonchev–Trinajstić information content (AvgIpc) is 3.08. The minimum absolute atomic E-state index is 0.111. The molecular weight excluding hydrogens is 354 g/mol. The second-order valence-electron chi connectivity index (χ2n) is 6.42. The molecule has 0 saturated carbocycles. The lowest BCUT2D eigenvalue weighted by molar-refractivity contribution is -0.118. The van der Waals surface area contributed by atoms with Crippen molar-refractivity contribution in [3.8, 4) is 0 Å². The van der Waals surface area contributed by atoms with Crippen LogP contribution in [0.1, 0.15) is 39.5 Å². The molecule has 0 bridgehead atoms. The summed E-state index contributed by atoms with van der Waals surface area (Å²) < 4.78 is 32.0. The highest BCUT2D eigenvalue weighted by Crippen LogP contribution is 2.16. The van der Waals surface area contributed by atoms with E-state index in [0.717, 1.165) is 5.76 Å². The van der Waals surface area contributed by atoms with Crippen LogP contribution in [0.25, 0.3) is 0 Å². The molecular formula is C18H25N3O4S. The van der Waals surface area contributed by atoms with Gasteiger partial charge in [0.1, 0.15) is 5.76 Å². The van der Waals surface area contributed by atoms with Crippen molar-refractivity contribution in [2.45, 2.75) is 50.7 Å². The second-order valence-corrected chi connectivity index (χ2v) is 8.13. The molecule has 142 valence electrons. The van der Waals surface area contributed by atoms with Crippen molar-refractivity contribution in [3.05, 3.63) is 48.4 Å². The number of nitrogens with one attached hydrogen (secondary N) is 3. The van der Waals surface area contributed by atoms with Gasteiger partial charge in [-0.25, -0.2) is 13.1 Å². The molecule has 0 aliphatic heterocycles. The number of rotatable bonds is 8. The van der Waals surface area contributed by atoms with Crippen LogP contribution in [-0.4, -0.2) is 26.4 Å². The number of hydrogen-bond acceptors (Lipinski definition) is 5. The number of amides is 1. The number of benzene rings is 1. The number of carbonyl (C=O) groups is 1. The Bertz CT molecular complexity index is 815. The van der Waals surface area contributed by atoms with E-state index in [0.29, 0.717) is 5.69 Å². The van der Waals surface area contributed by atoms with Crippen LogP contribution in [0.15, 0.2) is 52.0 Å². The van der Waals surface area contributed by atoms with Crippen LogP contribution >= 0.6 is 0 Å². The molecule has 2 aromatic rings. The van der Waals surface area contributed by atoms with Crippen molar-refractivity contribution in [1.29, 1.82) is 0 Å². The van der Waals surface area contributed by atoms with Crippen LogP contribution in [0.2, 0.25) is 0 Å². The average molecular weight is 379 g/mol. The summed E-state index contributed by atoms with van der Waals surface area (Å²) in [6, 6.07) is 8.93. The zero-order chi connectivity index (χ0) is 19.3. The second kappa shape index (κ2) is 8.48. The summed E-state index contributed by atoms with van der Waals surface area (Å²) >= 11 is 0. The van der Waals surface area contributed by atoms with Gasteiger partial charge in [-0.15, -0.1) is 0 Å². The third-order valence-electron chi connectivity index (χ3n) is 3.69. The van der Waals surface area contributed by atoms with Gasteiger partial charge in [-0.2, -0.15) is 0 Å². The molecule has 0 spiro atoms. The first kappa shape index (κ1) is 20.2. The van der Waals surface area contributed by atoms with Crippen LogP contribution in [0.3, 0.4) is 0 Å². The molecule has 0 radical (unpaired) electrons. The van der Waals surface area contributed by atoms with E-state index in [4.69, 9.17) is 4.42 Å². The van der Waals surface area contributed by atoms with Crippen LogP contribution in [0.4, 0.5) is 5.69 Å². The Balaban J connectivity index is 1.96. The largest absolute Gasteiger partial charge is 0.468 e. The molecule has 7 nitrogen and oxygen atoms in total. The van der Waals surface area contributed by atoms with Crippen LogP contribution in [-0.2, 0) is 14.8 Å². The van der Waals surface area contributed by atoms with E-state index in [1.807, 2.05) is 13.0 Å². The Morgan fingerprint density at radius 2 is 1.69 bits per heavy atom. The van der Waals surface area contributed by atoms with Crippen molar-refractivity contribution < 1.29 is 17.6 Å². The highest BCUT2D eigenvalue weighted by atomic mass is 32.2. The lowest BCUT2D eigenvalue weighted by Crippen LogP contribution is -2.39. The maximum absolute atomic E-state index is 12.3. The third-order valence-corrected chi connectivity index (χ3v) is 5.36. The van der Waals surface area contributed by atoms with Gasteiger partial charge in [-0.3, -0.25) is 10.1 Å². The number of hydrogen-bond donors (Lipinski definition) is 3. The number of furan rings is 1. The van der Waals surface area contributed by atoms with Gasteiger partial charge >= 0.3 is 0 Å². The van der Waals surface area contributed by atoms with E-state index in [1.54, 1.807) is 45.2 Å². The minimum Gasteiger partial charge on any atom is -0.468 e. The molecule has 3 N–H and O–H groups in total. The summed E-state index contributed by atoms with van der Waals surface area (Å²) in [7, 11) is -3.55. The SMILES string of the molecule is CC(C)NS(=O)(=O)c1ccc(NC(=O)[C@@H](C)N[C@H](C)c2ccco2)cc1. The highest BCUT2D eigenvalue weighted by Gasteiger charge is 2.19. The van der Waals surface area contributed by atoms with Crippen LogP contribution < -0.4 is 15.4 Å². The van der Waals surface area contributed by atoms with E-state index in [1.165, 1.54) is 12.1 Å². The summed E-state index contributed by atoms with van der Waals surface area (Å²) in [5, 5.41) is 5.91.